The summed E-state index contributed by atoms with van der Waals surface area (Å²) in [6, 6.07) is 15.2. The molecule has 1 aliphatic rings. The molecular formula is C25H30N2O6S. The van der Waals surface area contributed by atoms with Crippen LogP contribution >= 0.6 is 11.8 Å². The number of amides is 2. The van der Waals surface area contributed by atoms with Gasteiger partial charge in [-0.1, -0.05) is 48.5 Å². The first-order chi connectivity index (χ1) is 16.5. The lowest BCUT2D eigenvalue weighted by Gasteiger charge is -2.26. The zero-order valence-electron chi connectivity index (χ0n) is 19.4. The van der Waals surface area contributed by atoms with E-state index in [2.05, 4.69) is 17.4 Å². The van der Waals surface area contributed by atoms with Crippen LogP contribution in [-0.2, 0) is 19.1 Å². The number of nitrogens with zero attached hydrogens (tertiary/aromatic N) is 1. The number of methoxy groups -OCH3 is 1. The first kappa shape index (κ1) is 25.6. The Hall–Kier alpha value is -3.04. The number of nitrogens with one attached hydrogen (secondary N) is 1. The van der Waals surface area contributed by atoms with Gasteiger partial charge in [-0.15, -0.1) is 0 Å². The van der Waals surface area contributed by atoms with Crippen molar-refractivity contribution in [3.05, 3.63) is 59.7 Å². The number of carbonyl (C=O) groups excluding carboxylic acids is 2. The zero-order chi connectivity index (χ0) is 24.5. The van der Waals surface area contributed by atoms with Gasteiger partial charge in [-0.3, -0.25) is 9.59 Å². The van der Waals surface area contributed by atoms with Gasteiger partial charge in [-0.25, -0.2) is 4.79 Å². The Morgan fingerprint density at radius 2 is 1.71 bits per heavy atom. The van der Waals surface area contributed by atoms with Crippen LogP contribution in [0.3, 0.4) is 0 Å². The normalized spacial score (nSPS) is 13.0. The van der Waals surface area contributed by atoms with Crippen molar-refractivity contribution in [2.45, 2.75) is 18.4 Å². The summed E-state index contributed by atoms with van der Waals surface area (Å²) in [5.41, 5.74) is 4.45. The second kappa shape index (κ2) is 12.4. The minimum absolute atomic E-state index is 0.0938. The van der Waals surface area contributed by atoms with Gasteiger partial charge in [-0.05, 0) is 40.7 Å². The lowest BCUT2D eigenvalue weighted by atomic mass is 9.98. The molecule has 8 nitrogen and oxygen atoms in total. The van der Waals surface area contributed by atoms with Gasteiger partial charge >= 0.3 is 12.1 Å². The topological polar surface area (TPSA) is 105 Å². The molecule has 1 atom stereocenters. The average Bonchev–Trinajstić information content (AvgIpc) is 3.16. The fourth-order valence-corrected chi connectivity index (χ4v) is 4.60. The van der Waals surface area contributed by atoms with Crippen molar-refractivity contribution in [3.8, 4) is 11.1 Å². The number of alkyl carbamates (subject to hydrolysis) is 1. The Balaban J connectivity index is 1.68. The summed E-state index contributed by atoms with van der Waals surface area (Å²) in [7, 11) is 1.48. The number of benzene rings is 2. The van der Waals surface area contributed by atoms with E-state index in [0.29, 0.717) is 12.2 Å². The Bertz CT molecular complexity index is 969. The van der Waals surface area contributed by atoms with Crippen molar-refractivity contribution in [3.63, 3.8) is 0 Å². The number of hydrogen-bond acceptors (Lipinski definition) is 6. The number of ether oxygens (including phenoxy) is 2. The monoisotopic (exact) mass is 486 g/mol. The maximum Gasteiger partial charge on any atom is 0.407 e. The lowest BCUT2D eigenvalue weighted by molar-refractivity contribution is -0.145. The summed E-state index contributed by atoms with van der Waals surface area (Å²) < 4.78 is 10.6. The van der Waals surface area contributed by atoms with E-state index in [-0.39, 0.29) is 25.7 Å². The molecule has 1 aliphatic carbocycles. The van der Waals surface area contributed by atoms with E-state index >= 15 is 0 Å². The molecule has 9 heteroatoms. The fraction of sp³-hybridized carbons (Fsp3) is 0.400. The molecule has 0 radical (unpaired) electrons. The number of carboxylic acid groups (broad SMARTS) is 1. The van der Waals surface area contributed by atoms with E-state index in [1.165, 1.54) is 23.8 Å². The second-order valence-corrected chi connectivity index (χ2v) is 8.94. The number of hydrogen-bond donors (Lipinski definition) is 2. The minimum Gasteiger partial charge on any atom is -0.480 e. The summed E-state index contributed by atoms with van der Waals surface area (Å²) in [5.74, 6) is -1.08. The molecule has 0 unspecified atom stereocenters. The SMILES string of the molecule is COCCN(CC(=O)O)C(=O)[C@@H](CCSC)NC(=O)OCC1c2ccccc2-c2ccccc21. The van der Waals surface area contributed by atoms with Crippen molar-refractivity contribution in [1.82, 2.24) is 10.2 Å². The highest BCUT2D eigenvalue weighted by molar-refractivity contribution is 7.98. The minimum atomic E-state index is -1.13. The summed E-state index contributed by atoms with van der Waals surface area (Å²) in [6.07, 6.45) is 1.55. The molecule has 3 rings (SSSR count). The first-order valence-corrected chi connectivity index (χ1v) is 12.5. The summed E-state index contributed by atoms with van der Waals surface area (Å²) in [5, 5.41) is 11.8. The largest absolute Gasteiger partial charge is 0.480 e. The van der Waals surface area contributed by atoms with E-state index in [0.717, 1.165) is 22.3 Å². The predicted molar refractivity (Wildman–Crippen MR) is 131 cm³/mol. The average molecular weight is 487 g/mol. The van der Waals surface area contributed by atoms with Crippen molar-refractivity contribution in [2.24, 2.45) is 0 Å². The van der Waals surface area contributed by atoms with Crippen LogP contribution in [0.1, 0.15) is 23.5 Å². The summed E-state index contributed by atoms with van der Waals surface area (Å²) >= 11 is 1.53. The van der Waals surface area contributed by atoms with Crippen LogP contribution < -0.4 is 5.32 Å². The number of aliphatic carboxylic acids is 1. The van der Waals surface area contributed by atoms with Gasteiger partial charge in [0.25, 0.3) is 0 Å². The predicted octanol–water partition coefficient (Wildman–Crippen LogP) is 3.21. The summed E-state index contributed by atoms with van der Waals surface area (Å²) in [6.45, 7) is -0.0286. The molecule has 2 aromatic carbocycles. The molecule has 0 saturated heterocycles. The van der Waals surface area contributed by atoms with Crippen molar-refractivity contribution >= 4 is 29.7 Å². The van der Waals surface area contributed by atoms with Gasteiger partial charge in [0, 0.05) is 19.6 Å². The van der Waals surface area contributed by atoms with Crippen LogP contribution in [0.25, 0.3) is 11.1 Å². The van der Waals surface area contributed by atoms with E-state index in [9.17, 15) is 19.5 Å². The van der Waals surface area contributed by atoms with Crippen LogP contribution in [0, 0.1) is 0 Å². The Morgan fingerprint density at radius 3 is 2.26 bits per heavy atom. The number of thioether (sulfide) groups is 1. The van der Waals surface area contributed by atoms with Crippen LogP contribution in [0.2, 0.25) is 0 Å². The number of fused-ring (bicyclic) bond motifs is 3. The summed E-state index contributed by atoms with van der Waals surface area (Å²) in [4.78, 5) is 38.2. The highest BCUT2D eigenvalue weighted by Crippen LogP contribution is 2.44. The fourth-order valence-electron chi connectivity index (χ4n) is 4.13. The molecule has 2 N–H and O–H groups in total. The molecule has 2 aromatic rings. The highest BCUT2D eigenvalue weighted by Gasteiger charge is 2.31. The van der Waals surface area contributed by atoms with Crippen molar-refractivity contribution in [1.29, 1.82) is 0 Å². The molecule has 0 aromatic heterocycles. The Morgan fingerprint density at radius 1 is 1.09 bits per heavy atom. The van der Waals surface area contributed by atoms with E-state index < -0.39 is 30.6 Å². The van der Waals surface area contributed by atoms with Crippen LogP contribution in [0.15, 0.2) is 48.5 Å². The van der Waals surface area contributed by atoms with Crippen LogP contribution in [0.5, 0.6) is 0 Å². The van der Waals surface area contributed by atoms with E-state index in [1.54, 1.807) is 0 Å². The highest BCUT2D eigenvalue weighted by atomic mass is 32.2. The standard InChI is InChI=1S/C25H30N2O6S/c1-32-13-12-27(15-23(28)29)24(30)22(11-14-34-2)26-25(31)33-16-21-19-9-5-3-7-17(19)18-8-4-6-10-20(18)21/h3-10,21-22H,11-16H2,1-2H3,(H,26,31)(H,28,29)/t22-/m1/s1. The molecule has 0 bridgehead atoms. The molecule has 0 spiro atoms. The molecule has 0 heterocycles. The van der Waals surface area contributed by atoms with Gasteiger partial charge in [0.1, 0.15) is 19.2 Å². The van der Waals surface area contributed by atoms with Gasteiger partial charge in [0.15, 0.2) is 0 Å². The lowest BCUT2D eigenvalue weighted by Crippen LogP contribution is -2.51. The zero-order valence-corrected chi connectivity index (χ0v) is 20.2. The molecule has 182 valence electrons. The van der Waals surface area contributed by atoms with E-state index in [1.807, 2.05) is 42.7 Å². The van der Waals surface area contributed by atoms with Crippen LogP contribution in [-0.4, -0.2) is 79.4 Å². The molecule has 34 heavy (non-hydrogen) atoms. The Kier molecular flexibility index (Phi) is 9.35. The van der Waals surface area contributed by atoms with E-state index in [4.69, 9.17) is 9.47 Å². The van der Waals surface area contributed by atoms with Crippen LogP contribution in [0.4, 0.5) is 4.79 Å². The van der Waals surface area contributed by atoms with Crippen molar-refractivity contribution in [2.75, 3.05) is 45.4 Å². The van der Waals surface area contributed by atoms with Gasteiger partial charge < -0.3 is 24.8 Å². The third-order valence-electron chi connectivity index (χ3n) is 5.75. The molecule has 0 saturated carbocycles. The number of carbonyl (C=O) groups is 3. The smallest absolute Gasteiger partial charge is 0.407 e. The molecule has 0 aliphatic heterocycles. The Labute approximate surface area is 203 Å². The maximum absolute atomic E-state index is 13.0. The quantitative estimate of drug-likeness (QED) is 0.475. The van der Waals surface area contributed by atoms with Gasteiger partial charge in [0.2, 0.25) is 5.91 Å². The van der Waals surface area contributed by atoms with Gasteiger partial charge in [0.05, 0.1) is 6.61 Å². The number of carboxylic acids is 1. The third kappa shape index (κ3) is 6.30. The van der Waals surface area contributed by atoms with Crippen molar-refractivity contribution < 1.29 is 29.0 Å². The van der Waals surface area contributed by atoms with Gasteiger partial charge in [-0.2, -0.15) is 11.8 Å². The first-order valence-electron chi connectivity index (χ1n) is 11.1. The molecule has 2 amide bonds. The second-order valence-electron chi connectivity index (χ2n) is 7.95. The number of rotatable bonds is 12. The maximum atomic E-state index is 13.0. The molecular weight excluding hydrogens is 456 g/mol. The third-order valence-corrected chi connectivity index (χ3v) is 6.39. The molecule has 0 fully saturated rings.